The van der Waals surface area contributed by atoms with Gasteiger partial charge in [0.2, 0.25) is 5.88 Å². The van der Waals surface area contributed by atoms with Crippen molar-refractivity contribution in [3.8, 4) is 5.88 Å². The molecule has 0 unspecified atom stereocenters. The van der Waals surface area contributed by atoms with Gasteiger partial charge in [0.05, 0.1) is 6.20 Å². The number of hydrogen-bond acceptors (Lipinski definition) is 4. The van der Waals surface area contributed by atoms with E-state index >= 15 is 0 Å². The summed E-state index contributed by atoms with van der Waals surface area (Å²) in [5, 5.41) is 0. The van der Waals surface area contributed by atoms with Crippen LogP contribution in [0.25, 0.3) is 0 Å². The summed E-state index contributed by atoms with van der Waals surface area (Å²) in [5.74, 6) is 0.0939. The third-order valence-electron chi connectivity index (χ3n) is 3.65. The van der Waals surface area contributed by atoms with Gasteiger partial charge in [-0.3, -0.25) is 9.78 Å². The lowest BCUT2D eigenvalue weighted by atomic mass is 10.1. The monoisotopic (exact) mass is 301 g/mol. The van der Waals surface area contributed by atoms with Crippen molar-refractivity contribution in [3.63, 3.8) is 0 Å². The van der Waals surface area contributed by atoms with Gasteiger partial charge in [-0.15, -0.1) is 0 Å². The summed E-state index contributed by atoms with van der Waals surface area (Å²) >= 11 is 0. The molecule has 5 nitrogen and oxygen atoms in total. The Bertz CT molecular complexity index is 626. The van der Waals surface area contributed by atoms with Gasteiger partial charge >= 0.3 is 0 Å². The van der Waals surface area contributed by atoms with Gasteiger partial charge in [-0.05, 0) is 24.3 Å². The van der Waals surface area contributed by atoms with E-state index in [-0.39, 0.29) is 17.8 Å². The molecule has 0 aliphatic carbocycles. The van der Waals surface area contributed by atoms with Crippen LogP contribution < -0.4 is 4.74 Å². The van der Waals surface area contributed by atoms with E-state index in [2.05, 4.69) is 9.97 Å². The fourth-order valence-electron chi connectivity index (χ4n) is 2.47. The maximum absolute atomic E-state index is 12.9. The normalized spacial score (nSPS) is 15.6. The van der Waals surface area contributed by atoms with E-state index in [4.69, 9.17) is 4.74 Å². The van der Waals surface area contributed by atoms with Gasteiger partial charge < -0.3 is 9.64 Å². The minimum atomic E-state index is -0.340. The van der Waals surface area contributed by atoms with Crippen LogP contribution in [-0.4, -0.2) is 40.0 Å². The lowest BCUT2D eigenvalue weighted by Crippen LogP contribution is -2.41. The Balaban J connectivity index is 1.55. The van der Waals surface area contributed by atoms with Crippen LogP contribution in [0.4, 0.5) is 4.39 Å². The lowest BCUT2D eigenvalue weighted by molar-refractivity contribution is 0.0587. The SMILES string of the molecule is O=C(c1ccc(F)cc1)N1CCC(Oc2cnccn2)CC1. The first-order valence-electron chi connectivity index (χ1n) is 7.20. The zero-order valence-corrected chi connectivity index (χ0v) is 12.0. The first-order valence-corrected chi connectivity index (χ1v) is 7.20. The maximum atomic E-state index is 12.9. The number of piperidine rings is 1. The number of ether oxygens (including phenoxy) is 1. The van der Waals surface area contributed by atoms with Crippen LogP contribution in [0.3, 0.4) is 0 Å². The van der Waals surface area contributed by atoms with E-state index in [0.29, 0.717) is 24.5 Å². The Morgan fingerprint density at radius 1 is 1.18 bits per heavy atom. The Kier molecular flexibility index (Phi) is 4.27. The molecule has 0 bridgehead atoms. The van der Waals surface area contributed by atoms with Crippen molar-refractivity contribution in [1.82, 2.24) is 14.9 Å². The summed E-state index contributed by atoms with van der Waals surface area (Å²) in [5.41, 5.74) is 0.509. The van der Waals surface area contributed by atoms with Crippen molar-refractivity contribution in [2.24, 2.45) is 0 Å². The van der Waals surface area contributed by atoms with E-state index in [9.17, 15) is 9.18 Å². The standard InChI is InChI=1S/C16H16FN3O2/c17-13-3-1-12(2-4-13)16(21)20-9-5-14(6-10-20)22-15-11-18-7-8-19-15/h1-4,7-8,11,14H,5-6,9-10H2. The third kappa shape index (κ3) is 3.39. The average Bonchev–Trinajstić information content (AvgIpc) is 2.57. The highest BCUT2D eigenvalue weighted by atomic mass is 19.1. The molecule has 0 N–H and O–H groups in total. The van der Waals surface area contributed by atoms with E-state index < -0.39 is 0 Å². The third-order valence-corrected chi connectivity index (χ3v) is 3.65. The smallest absolute Gasteiger partial charge is 0.253 e. The van der Waals surface area contributed by atoms with Gasteiger partial charge in [-0.2, -0.15) is 0 Å². The molecule has 114 valence electrons. The molecule has 1 aromatic carbocycles. The number of carbonyl (C=O) groups is 1. The molecule has 22 heavy (non-hydrogen) atoms. The Morgan fingerprint density at radius 2 is 1.91 bits per heavy atom. The molecular formula is C16H16FN3O2. The highest BCUT2D eigenvalue weighted by Gasteiger charge is 2.24. The molecular weight excluding hydrogens is 285 g/mol. The number of halogens is 1. The first-order chi connectivity index (χ1) is 10.7. The number of amides is 1. The molecule has 1 aliphatic rings. The van der Waals surface area contributed by atoms with Crippen molar-refractivity contribution >= 4 is 5.91 Å². The molecule has 1 aromatic heterocycles. The Hall–Kier alpha value is -2.50. The summed E-state index contributed by atoms with van der Waals surface area (Å²) in [6.07, 6.45) is 6.27. The maximum Gasteiger partial charge on any atom is 0.253 e. The molecule has 1 amide bonds. The highest BCUT2D eigenvalue weighted by Crippen LogP contribution is 2.18. The summed E-state index contributed by atoms with van der Waals surface area (Å²) in [6.45, 7) is 1.22. The molecule has 3 rings (SSSR count). The second-order valence-electron chi connectivity index (χ2n) is 5.16. The van der Waals surface area contributed by atoms with Crippen molar-refractivity contribution in [2.75, 3.05) is 13.1 Å². The van der Waals surface area contributed by atoms with Gasteiger partial charge in [-0.1, -0.05) is 0 Å². The number of likely N-dealkylation sites (tertiary alicyclic amines) is 1. The molecule has 0 spiro atoms. The van der Waals surface area contributed by atoms with Crippen LogP contribution in [0.2, 0.25) is 0 Å². The van der Waals surface area contributed by atoms with Crippen LogP contribution in [0.1, 0.15) is 23.2 Å². The molecule has 0 radical (unpaired) electrons. The van der Waals surface area contributed by atoms with Crippen LogP contribution in [-0.2, 0) is 0 Å². The quantitative estimate of drug-likeness (QED) is 0.873. The summed E-state index contributed by atoms with van der Waals surface area (Å²) in [6, 6.07) is 5.63. The van der Waals surface area contributed by atoms with E-state index in [1.54, 1.807) is 23.5 Å². The minimum absolute atomic E-state index is 0.0361. The van der Waals surface area contributed by atoms with Crippen molar-refractivity contribution in [2.45, 2.75) is 18.9 Å². The molecule has 1 fully saturated rings. The average molecular weight is 301 g/mol. The molecule has 2 aromatic rings. The first kappa shape index (κ1) is 14.4. The number of carbonyl (C=O) groups excluding carboxylic acids is 1. The van der Waals surface area contributed by atoms with Crippen LogP contribution in [0.15, 0.2) is 42.9 Å². The van der Waals surface area contributed by atoms with Crippen molar-refractivity contribution in [3.05, 3.63) is 54.2 Å². The van der Waals surface area contributed by atoms with E-state index in [1.165, 1.54) is 24.3 Å². The number of hydrogen-bond donors (Lipinski definition) is 0. The van der Waals surface area contributed by atoms with Crippen LogP contribution in [0, 0.1) is 5.82 Å². The fraction of sp³-hybridized carbons (Fsp3) is 0.312. The van der Waals surface area contributed by atoms with Crippen molar-refractivity contribution in [1.29, 1.82) is 0 Å². The Morgan fingerprint density at radius 3 is 2.55 bits per heavy atom. The van der Waals surface area contributed by atoms with Gasteiger partial charge in [0, 0.05) is 43.9 Å². The predicted octanol–water partition coefficient (Wildman–Crippen LogP) is 2.30. The molecule has 6 heteroatoms. The van der Waals surface area contributed by atoms with Crippen molar-refractivity contribution < 1.29 is 13.9 Å². The number of nitrogens with zero attached hydrogens (tertiary/aromatic N) is 3. The summed E-state index contributed by atoms with van der Waals surface area (Å²) in [7, 11) is 0. The second kappa shape index (κ2) is 6.51. The largest absolute Gasteiger partial charge is 0.473 e. The minimum Gasteiger partial charge on any atom is -0.473 e. The molecule has 0 atom stereocenters. The van der Waals surface area contributed by atoms with Gasteiger partial charge in [0.25, 0.3) is 5.91 Å². The van der Waals surface area contributed by atoms with Crippen LogP contribution in [0.5, 0.6) is 5.88 Å². The number of aromatic nitrogens is 2. The predicted molar refractivity (Wildman–Crippen MR) is 78.0 cm³/mol. The van der Waals surface area contributed by atoms with Crippen LogP contribution >= 0.6 is 0 Å². The van der Waals surface area contributed by atoms with Gasteiger partial charge in [-0.25, -0.2) is 9.37 Å². The summed E-state index contributed by atoms with van der Waals surface area (Å²) < 4.78 is 18.6. The summed E-state index contributed by atoms with van der Waals surface area (Å²) in [4.78, 5) is 22.1. The molecule has 2 heterocycles. The fourth-order valence-corrected chi connectivity index (χ4v) is 2.47. The molecule has 1 aliphatic heterocycles. The molecule has 0 saturated carbocycles. The molecule has 1 saturated heterocycles. The highest BCUT2D eigenvalue weighted by molar-refractivity contribution is 5.94. The van der Waals surface area contributed by atoms with Gasteiger partial charge in [0.1, 0.15) is 11.9 Å². The van der Waals surface area contributed by atoms with E-state index in [0.717, 1.165) is 12.8 Å². The zero-order valence-electron chi connectivity index (χ0n) is 12.0. The van der Waals surface area contributed by atoms with Gasteiger partial charge in [0.15, 0.2) is 0 Å². The Labute approximate surface area is 127 Å². The number of rotatable bonds is 3. The number of benzene rings is 1. The second-order valence-corrected chi connectivity index (χ2v) is 5.16. The zero-order chi connectivity index (χ0) is 15.4. The topological polar surface area (TPSA) is 55.3 Å². The van der Waals surface area contributed by atoms with E-state index in [1.807, 2.05) is 0 Å². The lowest BCUT2D eigenvalue weighted by Gasteiger charge is -2.31.